The SMILES string of the molecule is Nc1ccc(Cl)c(OCc2ccc(Br)cc2)c1. The van der Waals surface area contributed by atoms with Crippen LogP contribution in [0.3, 0.4) is 0 Å². The summed E-state index contributed by atoms with van der Waals surface area (Å²) < 4.78 is 6.66. The number of nitrogens with two attached hydrogens (primary N) is 1. The first-order valence-electron chi connectivity index (χ1n) is 5.07. The standard InChI is InChI=1S/C13H11BrClNO/c14-10-3-1-9(2-4-10)8-17-13-7-11(16)5-6-12(13)15/h1-7H,8,16H2. The van der Waals surface area contributed by atoms with Gasteiger partial charge in [-0.15, -0.1) is 0 Å². The van der Waals surface area contributed by atoms with Gasteiger partial charge in [-0.25, -0.2) is 0 Å². The number of ether oxygens (including phenoxy) is 1. The van der Waals surface area contributed by atoms with Crippen molar-refractivity contribution in [2.75, 3.05) is 5.73 Å². The lowest BCUT2D eigenvalue weighted by Crippen LogP contribution is -1.96. The van der Waals surface area contributed by atoms with Crippen LogP contribution in [0, 0.1) is 0 Å². The number of hydrogen-bond acceptors (Lipinski definition) is 2. The number of anilines is 1. The average Bonchev–Trinajstić information content (AvgIpc) is 2.32. The van der Waals surface area contributed by atoms with E-state index in [1.54, 1.807) is 18.2 Å². The van der Waals surface area contributed by atoms with Crippen molar-refractivity contribution in [1.82, 2.24) is 0 Å². The van der Waals surface area contributed by atoms with Crippen LogP contribution in [0.4, 0.5) is 5.69 Å². The van der Waals surface area contributed by atoms with E-state index in [1.165, 1.54) is 0 Å². The highest BCUT2D eigenvalue weighted by Gasteiger charge is 2.02. The molecular formula is C13H11BrClNO. The molecule has 0 saturated heterocycles. The van der Waals surface area contributed by atoms with Crippen LogP contribution in [0.2, 0.25) is 5.02 Å². The number of nitrogen functional groups attached to an aromatic ring is 1. The number of rotatable bonds is 3. The van der Waals surface area contributed by atoms with Gasteiger partial charge in [0, 0.05) is 16.2 Å². The van der Waals surface area contributed by atoms with Crippen LogP contribution in [0.1, 0.15) is 5.56 Å². The molecule has 0 radical (unpaired) electrons. The van der Waals surface area contributed by atoms with E-state index in [1.807, 2.05) is 24.3 Å². The Kier molecular flexibility index (Phi) is 3.92. The summed E-state index contributed by atoms with van der Waals surface area (Å²) in [6.45, 7) is 0.469. The Morgan fingerprint density at radius 1 is 1.12 bits per heavy atom. The van der Waals surface area contributed by atoms with E-state index in [-0.39, 0.29) is 0 Å². The lowest BCUT2D eigenvalue weighted by molar-refractivity contribution is 0.306. The predicted octanol–water partition coefficient (Wildman–Crippen LogP) is 4.26. The van der Waals surface area contributed by atoms with Crippen LogP contribution >= 0.6 is 27.5 Å². The highest BCUT2D eigenvalue weighted by Crippen LogP contribution is 2.27. The zero-order chi connectivity index (χ0) is 12.3. The molecule has 2 rings (SSSR count). The summed E-state index contributed by atoms with van der Waals surface area (Å²) in [7, 11) is 0. The van der Waals surface area contributed by atoms with Gasteiger partial charge in [-0.05, 0) is 29.8 Å². The Labute approximate surface area is 113 Å². The van der Waals surface area contributed by atoms with E-state index >= 15 is 0 Å². The minimum absolute atomic E-state index is 0.469. The molecule has 88 valence electrons. The third-order valence-corrected chi connectivity index (χ3v) is 3.10. The Hall–Kier alpha value is -1.19. The summed E-state index contributed by atoms with van der Waals surface area (Å²) in [6, 6.07) is 13.1. The molecule has 0 unspecified atom stereocenters. The van der Waals surface area contributed by atoms with Gasteiger partial charge in [0.2, 0.25) is 0 Å². The second-order valence-electron chi connectivity index (χ2n) is 3.61. The Morgan fingerprint density at radius 3 is 2.53 bits per heavy atom. The summed E-state index contributed by atoms with van der Waals surface area (Å²) in [4.78, 5) is 0. The average molecular weight is 313 g/mol. The molecule has 0 heterocycles. The Balaban J connectivity index is 2.07. The fourth-order valence-electron chi connectivity index (χ4n) is 1.37. The maximum atomic E-state index is 6.00. The summed E-state index contributed by atoms with van der Waals surface area (Å²) in [5, 5.41) is 0.566. The topological polar surface area (TPSA) is 35.2 Å². The van der Waals surface area contributed by atoms with Gasteiger partial charge in [-0.2, -0.15) is 0 Å². The number of hydrogen-bond donors (Lipinski definition) is 1. The molecule has 0 aliphatic carbocycles. The predicted molar refractivity (Wildman–Crippen MR) is 74.3 cm³/mol. The van der Waals surface area contributed by atoms with Crippen LogP contribution in [0.5, 0.6) is 5.75 Å². The van der Waals surface area contributed by atoms with Crippen LogP contribution in [0.25, 0.3) is 0 Å². The smallest absolute Gasteiger partial charge is 0.140 e. The fraction of sp³-hybridized carbons (Fsp3) is 0.0769. The second kappa shape index (κ2) is 5.43. The normalized spacial score (nSPS) is 10.2. The van der Waals surface area contributed by atoms with Crippen molar-refractivity contribution in [3.63, 3.8) is 0 Å². The molecule has 0 aliphatic rings. The highest BCUT2D eigenvalue weighted by molar-refractivity contribution is 9.10. The molecule has 2 aromatic rings. The van der Waals surface area contributed by atoms with Gasteiger partial charge >= 0.3 is 0 Å². The van der Waals surface area contributed by atoms with E-state index in [9.17, 15) is 0 Å². The van der Waals surface area contributed by atoms with Crippen molar-refractivity contribution in [1.29, 1.82) is 0 Å². The summed E-state index contributed by atoms with van der Waals surface area (Å²) >= 11 is 9.38. The van der Waals surface area contributed by atoms with Gasteiger partial charge in [0.25, 0.3) is 0 Å². The molecular weight excluding hydrogens is 302 g/mol. The molecule has 0 atom stereocenters. The highest BCUT2D eigenvalue weighted by atomic mass is 79.9. The molecule has 0 fully saturated rings. The monoisotopic (exact) mass is 311 g/mol. The summed E-state index contributed by atoms with van der Waals surface area (Å²) in [6.07, 6.45) is 0. The van der Waals surface area contributed by atoms with Crippen molar-refractivity contribution in [2.24, 2.45) is 0 Å². The molecule has 0 saturated carbocycles. The maximum Gasteiger partial charge on any atom is 0.140 e. The van der Waals surface area contributed by atoms with Crippen molar-refractivity contribution in [2.45, 2.75) is 6.61 Å². The van der Waals surface area contributed by atoms with Gasteiger partial charge < -0.3 is 10.5 Å². The molecule has 2 aromatic carbocycles. The zero-order valence-corrected chi connectivity index (χ0v) is 11.3. The molecule has 2 nitrogen and oxygen atoms in total. The largest absolute Gasteiger partial charge is 0.487 e. The van der Waals surface area contributed by atoms with E-state index in [0.29, 0.717) is 23.1 Å². The Bertz CT molecular complexity index is 513. The number of halogens is 2. The van der Waals surface area contributed by atoms with Gasteiger partial charge in [0.05, 0.1) is 5.02 Å². The third-order valence-electron chi connectivity index (χ3n) is 2.26. The lowest BCUT2D eigenvalue weighted by atomic mass is 10.2. The molecule has 0 amide bonds. The molecule has 2 N–H and O–H groups in total. The van der Waals surface area contributed by atoms with E-state index < -0.39 is 0 Å². The molecule has 17 heavy (non-hydrogen) atoms. The van der Waals surface area contributed by atoms with Crippen LogP contribution in [-0.4, -0.2) is 0 Å². The van der Waals surface area contributed by atoms with Crippen molar-refractivity contribution >= 4 is 33.2 Å². The van der Waals surface area contributed by atoms with Gasteiger partial charge in [0.15, 0.2) is 0 Å². The molecule has 0 spiro atoms. The van der Waals surface area contributed by atoms with Crippen molar-refractivity contribution in [3.8, 4) is 5.75 Å². The minimum Gasteiger partial charge on any atom is -0.487 e. The fourth-order valence-corrected chi connectivity index (χ4v) is 1.81. The first-order valence-corrected chi connectivity index (χ1v) is 6.24. The summed E-state index contributed by atoms with van der Waals surface area (Å²) in [5.41, 5.74) is 7.39. The Morgan fingerprint density at radius 2 is 1.82 bits per heavy atom. The van der Waals surface area contributed by atoms with Crippen LogP contribution < -0.4 is 10.5 Å². The summed E-state index contributed by atoms with van der Waals surface area (Å²) in [5.74, 6) is 0.606. The molecule has 0 bridgehead atoms. The first kappa shape index (κ1) is 12.3. The van der Waals surface area contributed by atoms with Gasteiger partial charge in [-0.1, -0.05) is 39.7 Å². The molecule has 0 aromatic heterocycles. The maximum absolute atomic E-state index is 6.00. The van der Waals surface area contributed by atoms with Gasteiger partial charge in [0.1, 0.15) is 12.4 Å². The quantitative estimate of drug-likeness (QED) is 0.859. The first-order chi connectivity index (χ1) is 8.15. The molecule has 0 aliphatic heterocycles. The van der Waals surface area contributed by atoms with Crippen molar-refractivity contribution < 1.29 is 4.74 Å². The lowest BCUT2D eigenvalue weighted by Gasteiger charge is -2.08. The van der Waals surface area contributed by atoms with Crippen molar-refractivity contribution in [3.05, 3.63) is 57.5 Å². The minimum atomic E-state index is 0.469. The molecule has 4 heteroatoms. The second-order valence-corrected chi connectivity index (χ2v) is 4.93. The van der Waals surface area contributed by atoms with E-state index in [0.717, 1.165) is 10.0 Å². The zero-order valence-electron chi connectivity index (χ0n) is 8.99. The van der Waals surface area contributed by atoms with E-state index in [2.05, 4.69) is 15.9 Å². The van der Waals surface area contributed by atoms with Crippen LogP contribution in [0.15, 0.2) is 46.9 Å². The number of benzene rings is 2. The van der Waals surface area contributed by atoms with Crippen LogP contribution in [-0.2, 0) is 6.61 Å². The van der Waals surface area contributed by atoms with Gasteiger partial charge in [-0.3, -0.25) is 0 Å². The van der Waals surface area contributed by atoms with E-state index in [4.69, 9.17) is 22.1 Å². The third kappa shape index (κ3) is 3.38.